The number of aromatic nitrogens is 5. The van der Waals surface area contributed by atoms with Crippen molar-refractivity contribution in [3.05, 3.63) is 82.5 Å². The van der Waals surface area contributed by atoms with Crippen LogP contribution in [0.25, 0.3) is 27.5 Å². The topological polar surface area (TPSA) is 85.7 Å². The molecule has 7 nitrogen and oxygen atoms in total. The van der Waals surface area contributed by atoms with Gasteiger partial charge in [-0.05, 0) is 60.9 Å². The molecule has 5 rings (SSSR count). The zero-order chi connectivity index (χ0) is 21.5. The summed E-state index contributed by atoms with van der Waals surface area (Å²) >= 11 is 0. The lowest BCUT2D eigenvalue weighted by Gasteiger charge is -2.08. The molecule has 3 heterocycles. The van der Waals surface area contributed by atoms with Crippen molar-refractivity contribution in [2.24, 2.45) is 0 Å². The molecule has 0 saturated heterocycles. The molecule has 0 saturated carbocycles. The van der Waals surface area contributed by atoms with Crippen molar-refractivity contribution in [1.29, 1.82) is 0 Å². The SMILES string of the molecule is Cc1nn(-c2ccc(Oc3nc4cnccc4c(=O)[nH]3)cc2)c2ccc(C(C)C)cc12. The van der Waals surface area contributed by atoms with E-state index in [9.17, 15) is 4.79 Å². The molecule has 31 heavy (non-hydrogen) atoms. The summed E-state index contributed by atoms with van der Waals surface area (Å²) in [6, 6.07) is 15.7. The summed E-state index contributed by atoms with van der Waals surface area (Å²) in [7, 11) is 0. The highest BCUT2D eigenvalue weighted by molar-refractivity contribution is 5.84. The Bertz CT molecular complexity index is 1470. The van der Waals surface area contributed by atoms with E-state index >= 15 is 0 Å². The summed E-state index contributed by atoms with van der Waals surface area (Å²) < 4.78 is 7.70. The van der Waals surface area contributed by atoms with E-state index in [2.05, 4.69) is 47.0 Å². The van der Waals surface area contributed by atoms with Crippen molar-refractivity contribution in [1.82, 2.24) is 24.7 Å². The van der Waals surface area contributed by atoms with Crippen molar-refractivity contribution in [3.63, 3.8) is 0 Å². The number of nitrogens with zero attached hydrogens (tertiary/aromatic N) is 4. The molecule has 0 atom stereocenters. The van der Waals surface area contributed by atoms with Gasteiger partial charge >= 0.3 is 6.01 Å². The third kappa shape index (κ3) is 3.44. The Morgan fingerprint density at radius 2 is 1.84 bits per heavy atom. The second kappa shape index (κ2) is 7.36. The smallest absolute Gasteiger partial charge is 0.302 e. The van der Waals surface area contributed by atoms with E-state index in [4.69, 9.17) is 9.84 Å². The van der Waals surface area contributed by atoms with E-state index < -0.39 is 0 Å². The molecule has 1 N–H and O–H groups in total. The lowest BCUT2D eigenvalue weighted by Crippen LogP contribution is -2.09. The lowest BCUT2D eigenvalue weighted by molar-refractivity contribution is 0.442. The average molecular weight is 411 g/mol. The molecule has 0 bridgehead atoms. The van der Waals surface area contributed by atoms with E-state index in [-0.39, 0.29) is 11.6 Å². The number of fused-ring (bicyclic) bond motifs is 2. The van der Waals surface area contributed by atoms with Gasteiger partial charge in [-0.3, -0.25) is 14.8 Å². The van der Waals surface area contributed by atoms with Crippen molar-refractivity contribution in [2.75, 3.05) is 0 Å². The fourth-order valence-electron chi connectivity index (χ4n) is 3.63. The minimum absolute atomic E-state index is 0.125. The maximum Gasteiger partial charge on any atom is 0.302 e. The maximum absolute atomic E-state index is 12.2. The van der Waals surface area contributed by atoms with Crippen LogP contribution in [0.2, 0.25) is 0 Å². The molecule has 0 aliphatic carbocycles. The quantitative estimate of drug-likeness (QED) is 0.455. The van der Waals surface area contributed by atoms with Crippen molar-refractivity contribution in [2.45, 2.75) is 26.7 Å². The first-order valence-corrected chi connectivity index (χ1v) is 10.1. The van der Waals surface area contributed by atoms with Crippen LogP contribution in [-0.4, -0.2) is 24.7 Å². The maximum atomic E-state index is 12.2. The standard InChI is InChI=1S/C24H21N5O2/c1-14(2)16-4-9-22-20(12-16)15(3)28-29(22)17-5-7-18(8-6-17)31-24-26-21-13-25-11-10-19(21)23(30)27-24/h4-14H,1-3H3,(H,26,27,30). The van der Waals surface area contributed by atoms with Crippen molar-refractivity contribution >= 4 is 21.8 Å². The first kappa shape index (κ1) is 19.0. The van der Waals surface area contributed by atoms with E-state index in [1.807, 2.05) is 35.9 Å². The van der Waals surface area contributed by atoms with E-state index in [0.29, 0.717) is 22.6 Å². The molecule has 0 amide bonds. The Hall–Kier alpha value is -4.00. The molecule has 2 aromatic carbocycles. The largest absolute Gasteiger partial charge is 0.426 e. The molecule has 0 radical (unpaired) electrons. The number of ether oxygens (including phenoxy) is 1. The highest BCUT2D eigenvalue weighted by Crippen LogP contribution is 2.27. The minimum Gasteiger partial charge on any atom is -0.426 e. The van der Waals surface area contributed by atoms with Crippen molar-refractivity contribution in [3.8, 4) is 17.4 Å². The number of H-pyrrole nitrogens is 1. The van der Waals surface area contributed by atoms with Gasteiger partial charge in [-0.25, -0.2) is 4.68 Å². The Kier molecular flexibility index (Phi) is 4.51. The molecule has 0 fully saturated rings. The van der Waals surface area contributed by atoms with Gasteiger partial charge in [0.15, 0.2) is 0 Å². The third-order valence-corrected chi connectivity index (χ3v) is 5.34. The Labute approximate surface area is 178 Å². The zero-order valence-electron chi connectivity index (χ0n) is 17.5. The fourth-order valence-corrected chi connectivity index (χ4v) is 3.63. The number of rotatable bonds is 4. The molecule has 0 unspecified atom stereocenters. The van der Waals surface area contributed by atoms with Crippen LogP contribution in [0.3, 0.4) is 0 Å². The average Bonchev–Trinajstić information content (AvgIpc) is 3.10. The van der Waals surface area contributed by atoms with Gasteiger partial charge < -0.3 is 4.74 Å². The minimum atomic E-state index is -0.265. The van der Waals surface area contributed by atoms with E-state index in [0.717, 1.165) is 22.3 Å². The molecule has 7 heteroatoms. The van der Waals surface area contributed by atoms with Crippen LogP contribution in [0.4, 0.5) is 0 Å². The number of hydrogen-bond acceptors (Lipinski definition) is 5. The Balaban J connectivity index is 1.46. The fraction of sp³-hybridized carbons (Fsp3) is 0.167. The van der Waals surface area contributed by atoms with Crippen LogP contribution < -0.4 is 10.3 Å². The van der Waals surface area contributed by atoms with Gasteiger partial charge in [0.2, 0.25) is 0 Å². The number of aromatic amines is 1. The predicted molar refractivity (Wildman–Crippen MR) is 120 cm³/mol. The van der Waals surface area contributed by atoms with Gasteiger partial charge in [0.1, 0.15) is 5.75 Å². The summed E-state index contributed by atoms with van der Waals surface area (Å²) in [6.07, 6.45) is 3.10. The van der Waals surface area contributed by atoms with Gasteiger partial charge in [0, 0.05) is 11.6 Å². The van der Waals surface area contributed by atoms with Gasteiger partial charge in [0.05, 0.1) is 34.0 Å². The molecular weight excluding hydrogens is 390 g/mol. The third-order valence-electron chi connectivity index (χ3n) is 5.34. The summed E-state index contributed by atoms with van der Waals surface area (Å²) in [5, 5.41) is 6.35. The van der Waals surface area contributed by atoms with Gasteiger partial charge in [0.25, 0.3) is 5.56 Å². The van der Waals surface area contributed by atoms with Gasteiger partial charge in [-0.2, -0.15) is 10.1 Å². The van der Waals surface area contributed by atoms with E-state index in [1.54, 1.807) is 12.3 Å². The summed E-state index contributed by atoms with van der Waals surface area (Å²) in [6.45, 7) is 6.40. The first-order valence-electron chi connectivity index (χ1n) is 10.1. The van der Waals surface area contributed by atoms with Crippen LogP contribution >= 0.6 is 0 Å². The zero-order valence-corrected chi connectivity index (χ0v) is 17.5. The number of benzene rings is 2. The molecule has 0 aliphatic heterocycles. The summed E-state index contributed by atoms with van der Waals surface area (Å²) in [4.78, 5) is 23.2. The second-order valence-corrected chi connectivity index (χ2v) is 7.79. The predicted octanol–water partition coefficient (Wildman–Crippen LogP) is 4.88. The summed E-state index contributed by atoms with van der Waals surface area (Å²) in [5.41, 5.74) is 4.49. The molecule has 154 valence electrons. The molecule has 0 spiro atoms. The van der Waals surface area contributed by atoms with Crippen LogP contribution in [0.5, 0.6) is 11.8 Å². The molecule has 3 aromatic heterocycles. The molecule has 0 aliphatic rings. The highest BCUT2D eigenvalue weighted by Gasteiger charge is 2.12. The number of pyridine rings is 1. The Morgan fingerprint density at radius 1 is 1.03 bits per heavy atom. The monoisotopic (exact) mass is 411 g/mol. The molecule has 5 aromatic rings. The number of hydrogen-bond donors (Lipinski definition) is 1. The van der Waals surface area contributed by atoms with E-state index in [1.165, 1.54) is 11.8 Å². The Morgan fingerprint density at radius 3 is 2.61 bits per heavy atom. The number of aryl methyl sites for hydroxylation is 1. The normalized spacial score (nSPS) is 11.5. The van der Waals surface area contributed by atoms with Gasteiger partial charge in [-0.15, -0.1) is 0 Å². The summed E-state index contributed by atoms with van der Waals surface area (Å²) in [5.74, 6) is 1.03. The first-order chi connectivity index (χ1) is 15.0. The van der Waals surface area contributed by atoms with Crippen LogP contribution in [0.15, 0.2) is 65.7 Å². The number of nitrogens with one attached hydrogen (secondary N) is 1. The van der Waals surface area contributed by atoms with Crippen LogP contribution in [0, 0.1) is 6.92 Å². The van der Waals surface area contributed by atoms with Crippen LogP contribution in [0.1, 0.15) is 31.0 Å². The highest BCUT2D eigenvalue weighted by atomic mass is 16.5. The van der Waals surface area contributed by atoms with Crippen molar-refractivity contribution < 1.29 is 4.74 Å². The van der Waals surface area contributed by atoms with Crippen LogP contribution in [-0.2, 0) is 0 Å². The van der Waals surface area contributed by atoms with Gasteiger partial charge in [-0.1, -0.05) is 19.9 Å². The molecular formula is C24H21N5O2. The second-order valence-electron chi connectivity index (χ2n) is 7.79. The lowest BCUT2D eigenvalue weighted by atomic mass is 10.0.